The smallest absolute Gasteiger partial charge is 0.261 e. The van der Waals surface area contributed by atoms with Crippen molar-refractivity contribution in [1.29, 1.82) is 0 Å². The van der Waals surface area contributed by atoms with Crippen molar-refractivity contribution >= 4 is 34.0 Å². The maximum absolute atomic E-state index is 13.0. The average Bonchev–Trinajstić information content (AvgIpc) is 3.09. The van der Waals surface area contributed by atoms with E-state index in [0.717, 1.165) is 31.4 Å². The van der Waals surface area contributed by atoms with Crippen LogP contribution < -0.4 is 15.8 Å². The average molecular weight is 428 g/mol. The molecule has 0 spiro atoms. The molecule has 0 aromatic heterocycles. The van der Waals surface area contributed by atoms with Gasteiger partial charge >= 0.3 is 0 Å². The number of hydrogen-bond donors (Lipinski definition) is 3. The van der Waals surface area contributed by atoms with Crippen LogP contribution in [0.25, 0.3) is 0 Å². The molecule has 1 saturated carbocycles. The van der Waals surface area contributed by atoms with Crippen molar-refractivity contribution in [1.82, 2.24) is 5.32 Å². The number of halogens is 2. The van der Waals surface area contributed by atoms with Gasteiger partial charge in [-0.3, -0.25) is 9.52 Å². The quantitative estimate of drug-likeness (QED) is 0.659. The van der Waals surface area contributed by atoms with Crippen LogP contribution in [0.3, 0.4) is 0 Å². The van der Waals surface area contributed by atoms with Crippen molar-refractivity contribution in [3.05, 3.63) is 59.9 Å². The first-order valence-corrected chi connectivity index (χ1v) is 10.3. The summed E-state index contributed by atoms with van der Waals surface area (Å²) in [4.78, 5) is 12.3. The number of sulfonamides is 1. The maximum Gasteiger partial charge on any atom is 0.261 e. The van der Waals surface area contributed by atoms with Gasteiger partial charge in [-0.05, 0) is 73.8 Å². The van der Waals surface area contributed by atoms with E-state index in [4.69, 9.17) is 5.73 Å². The van der Waals surface area contributed by atoms with Crippen LogP contribution in [0.1, 0.15) is 29.6 Å². The summed E-state index contributed by atoms with van der Waals surface area (Å²) >= 11 is 0. The van der Waals surface area contributed by atoms with E-state index in [9.17, 15) is 17.6 Å². The van der Waals surface area contributed by atoms with Gasteiger partial charge in [0.15, 0.2) is 0 Å². The first-order chi connectivity index (χ1) is 12.9. The summed E-state index contributed by atoms with van der Waals surface area (Å²) in [6.45, 7) is 0.551. The second kappa shape index (κ2) is 9.36. The van der Waals surface area contributed by atoms with Gasteiger partial charge in [0.1, 0.15) is 5.82 Å². The SMILES string of the molecule is Cl.NCC1CCCC1NC(=O)c1ccc(NS(=O)(=O)c2ccc(F)cc2)cc1. The van der Waals surface area contributed by atoms with Crippen LogP contribution in [0.5, 0.6) is 0 Å². The third kappa shape index (κ3) is 5.21. The zero-order valence-corrected chi connectivity index (χ0v) is 16.7. The molecular formula is C19H23ClFN3O3S. The molecule has 9 heteroatoms. The number of carbonyl (C=O) groups is 1. The molecule has 0 saturated heterocycles. The third-order valence-electron chi connectivity index (χ3n) is 4.80. The molecule has 2 atom stereocenters. The summed E-state index contributed by atoms with van der Waals surface area (Å²) in [6.07, 6.45) is 2.99. The molecule has 0 radical (unpaired) electrons. The summed E-state index contributed by atoms with van der Waals surface area (Å²) in [7, 11) is -3.82. The second-order valence-corrected chi connectivity index (χ2v) is 8.33. The van der Waals surface area contributed by atoms with Crippen molar-refractivity contribution in [3.63, 3.8) is 0 Å². The Morgan fingerprint density at radius 3 is 2.32 bits per heavy atom. The molecule has 1 aliphatic rings. The van der Waals surface area contributed by atoms with Gasteiger partial charge in [0, 0.05) is 17.3 Å². The van der Waals surface area contributed by atoms with Crippen molar-refractivity contribution in [3.8, 4) is 0 Å². The summed E-state index contributed by atoms with van der Waals surface area (Å²) in [5, 5.41) is 3.00. The Balaban J connectivity index is 0.00000280. The number of benzene rings is 2. The van der Waals surface area contributed by atoms with Gasteiger partial charge in [0.25, 0.3) is 15.9 Å². The van der Waals surface area contributed by atoms with Gasteiger partial charge in [0.2, 0.25) is 0 Å². The molecule has 152 valence electrons. The highest BCUT2D eigenvalue weighted by Crippen LogP contribution is 2.25. The van der Waals surface area contributed by atoms with Gasteiger partial charge in [-0.25, -0.2) is 12.8 Å². The van der Waals surface area contributed by atoms with Gasteiger partial charge in [0.05, 0.1) is 4.90 Å². The first kappa shape index (κ1) is 22.1. The van der Waals surface area contributed by atoms with E-state index in [1.807, 2.05) is 0 Å². The fraction of sp³-hybridized carbons (Fsp3) is 0.316. The summed E-state index contributed by atoms with van der Waals surface area (Å²) < 4.78 is 40.0. The lowest BCUT2D eigenvalue weighted by atomic mass is 10.0. The third-order valence-corrected chi connectivity index (χ3v) is 6.20. The highest BCUT2D eigenvalue weighted by atomic mass is 35.5. The van der Waals surface area contributed by atoms with Crippen molar-refractivity contribution in [2.24, 2.45) is 11.7 Å². The lowest BCUT2D eigenvalue weighted by molar-refractivity contribution is 0.0929. The number of anilines is 1. The fourth-order valence-electron chi connectivity index (χ4n) is 3.28. The Kier molecular flexibility index (Phi) is 7.40. The molecule has 1 amide bonds. The molecule has 3 rings (SSSR count). The minimum Gasteiger partial charge on any atom is -0.349 e. The number of hydrogen-bond acceptors (Lipinski definition) is 4. The van der Waals surface area contributed by atoms with Gasteiger partial charge in [-0.15, -0.1) is 12.4 Å². The molecule has 2 aromatic rings. The van der Waals surface area contributed by atoms with Crippen LogP contribution in [0.2, 0.25) is 0 Å². The predicted octanol–water partition coefficient (Wildman–Crippen LogP) is 2.91. The van der Waals surface area contributed by atoms with Crippen molar-refractivity contribution in [2.75, 3.05) is 11.3 Å². The highest BCUT2D eigenvalue weighted by molar-refractivity contribution is 7.92. The molecule has 0 aliphatic heterocycles. The maximum atomic E-state index is 13.0. The zero-order valence-electron chi connectivity index (χ0n) is 15.1. The summed E-state index contributed by atoms with van der Waals surface area (Å²) in [6, 6.07) is 10.8. The van der Waals surface area contributed by atoms with Gasteiger partial charge in [-0.2, -0.15) is 0 Å². The number of nitrogens with one attached hydrogen (secondary N) is 2. The Morgan fingerprint density at radius 1 is 1.07 bits per heavy atom. The van der Waals surface area contributed by atoms with E-state index in [1.165, 1.54) is 24.3 Å². The first-order valence-electron chi connectivity index (χ1n) is 8.78. The number of rotatable bonds is 6. The number of amides is 1. The molecule has 0 bridgehead atoms. The largest absolute Gasteiger partial charge is 0.349 e. The van der Waals surface area contributed by atoms with Crippen LogP contribution in [0.4, 0.5) is 10.1 Å². The predicted molar refractivity (Wildman–Crippen MR) is 109 cm³/mol. The lowest BCUT2D eigenvalue weighted by Gasteiger charge is -2.19. The van der Waals surface area contributed by atoms with Crippen LogP contribution in [0.15, 0.2) is 53.4 Å². The normalized spacial score (nSPS) is 18.9. The van der Waals surface area contributed by atoms with Crippen molar-refractivity contribution in [2.45, 2.75) is 30.2 Å². The summed E-state index contributed by atoms with van der Waals surface area (Å²) in [5.74, 6) is -0.410. The second-order valence-electron chi connectivity index (χ2n) is 6.64. The van der Waals surface area contributed by atoms with E-state index in [-0.39, 0.29) is 29.3 Å². The van der Waals surface area contributed by atoms with Gasteiger partial charge in [-0.1, -0.05) is 6.42 Å². The molecule has 1 fully saturated rings. The molecule has 4 N–H and O–H groups in total. The van der Waals surface area contributed by atoms with Crippen molar-refractivity contribution < 1.29 is 17.6 Å². The van der Waals surface area contributed by atoms with Crippen LogP contribution in [-0.2, 0) is 10.0 Å². The van der Waals surface area contributed by atoms with E-state index < -0.39 is 15.8 Å². The van der Waals surface area contributed by atoms with Crippen LogP contribution in [0, 0.1) is 11.7 Å². The molecule has 0 heterocycles. The van der Waals surface area contributed by atoms with E-state index >= 15 is 0 Å². The zero-order chi connectivity index (χ0) is 19.4. The van der Waals surface area contributed by atoms with E-state index in [2.05, 4.69) is 10.0 Å². The Bertz CT molecular complexity index is 905. The topological polar surface area (TPSA) is 101 Å². The molecule has 2 unspecified atom stereocenters. The minimum absolute atomic E-state index is 0. The van der Waals surface area contributed by atoms with E-state index in [0.29, 0.717) is 23.7 Å². The number of carbonyl (C=O) groups excluding carboxylic acids is 1. The molecular weight excluding hydrogens is 405 g/mol. The Labute approximate surface area is 170 Å². The standard InChI is InChI=1S/C19H22FN3O3S.ClH/c20-15-6-10-17(11-7-15)27(25,26)23-16-8-4-13(5-9-16)19(24)22-18-3-1-2-14(18)12-21;/h4-11,14,18,23H,1-3,12,21H2,(H,22,24);1H. The Morgan fingerprint density at radius 2 is 1.71 bits per heavy atom. The number of nitrogens with two attached hydrogens (primary N) is 1. The van der Waals surface area contributed by atoms with Crippen LogP contribution in [-0.4, -0.2) is 26.9 Å². The monoisotopic (exact) mass is 427 g/mol. The molecule has 6 nitrogen and oxygen atoms in total. The minimum atomic E-state index is -3.82. The highest BCUT2D eigenvalue weighted by Gasteiger charge is 2.27. The lowest BCUT2D eigenvalue weighted by Crippen LogP contribution is -2.39. The Hall–Kier alpha value is -2.16. The van der Waals surface area contributed by atoms with Crippen LogP contribution >= 0.6 is 12.4 Å². The summed E-state index contributed by atoms with van der Waals surface area (Å²) in [5.41, 5.74) is 6.50. The molecule has 1 aliphatic carbocycles. The fourth-order valence-corrected chi connectivity index (χ4v) is 4.34. The molecule has 2 aromatic carbocycles. The van der Waals surface area contributed by atoms with E-state index in [1.54, 1.807) is 12.1 Å². The molecule has 28 heavy (non-hydrogen) atoms. The van der Waals surface area contributed by atoms with Gasteiger partial charge < -0.3 is 11.1 Å².